The van der Waals surface area contributed by atoms with Crippen molar-refractivity contribution in [2.24, 2.45) is 0 Å². The van der Waals surface area contributed by atoms with Gasteiger partial charge in [0.15, 0.2) is 5.78 Å². The lowest BCUT2D eigenvalue weighted by atomic mass is 9.88. The first-order valence-electron chi connectivity index (χ1n) is 10.6. The normalized spacial score (nSPS) is 17.8. The van der Waals surface area contributed by atoms with Gasteiger partial charge in [-0.15, -0.1) is 11.3 Å². The molecule has 1 aliphatic heterocycles. The third-order valence-electron chi connectivity index (χ3n) is 5.81. The SMILES string of the molecule is O=C(CN1c2ccccc2NC2=C(C(=O)CCC2)[C@@H]1c1cccs1)Nc1ccccc1F. The van der Waals surface area contributed by atoms with E-state index in [1.54, 1.807) is 23.5 Å². The van der Waals surface area contributed by atoms with Crippen LogP contribution in [-0.2, 0) is 9.59 Å². The van der Waals surface area contributed by atoms with Gasteiger partial charge in [-0.3, -0.25) is 9.59 Å². The van der Waals surface area contributed by atoms with Crippen LogP contribution in [0, 0.1) is 5.82 Å². The van der Waals surface area contributed by atoms with E-state index in [0.717, 1.165) is 34.8 Å². The van der Waals surface area contributed by atoms with Crippen LogP contribution in [0.1, 0.15) is 30.2 Å². The van der Waals surface area contributed by atoms with Crippen LogP contribution >= 0.6 is 11.3 Å². The van der Waals surface area contributed by atoms with Crippen LogP contribution < -0.4 is 15.5 Å². The number of halogens is 1. The van der Waals surface area contributed by atoms with Gasteiger partial charge in [-0.2, -0.15) is 0 Å². The van der Waals surface area contributed by atoms with Crippen molar-refractivity contribution in [3.63, 3.8) is 0 Å². The number of fused-ring (bicyclic) bond motifs is 1. The van der Waals surface area contributed by atoms with Gasteiger partial charge in [-0.1, -0.05) is 30.3 Å². The topological polar surface area (TPSA) is 61.4 Å². The first-order chi connectivity index (χ1) is 15.6. The number of benzene rings is 2. The molecule has 0 unspecified atom stereocenters. The average Bonchev–Trinajstić information content (AvgIpc) is 3.27. The summed E-state index contributed by atoms with van der Waals surface area (Å²) in [5, 5.41) is 8.14. The van der Waals surface area contributed by atoms with Gasteiger partial charge >= 0.3 is 0 Å². The number of amides is 1. The minimum absolute atomic E-state index is 0.0281. The maximum Gasteiger partial charge on any atom is 0.244 e. The Balaban J connectivity index is 1.59. The number of nitrogens with zero attached hydrogens (tertiary/aromatic N) is 1. The molecule has 1 amide bonds. The summed E-state index contributed by atoms with van der Waals surface area (Å²) in [4.78, 5) is 29.2. The third-order valence-corrected chi connectivity index (χ3v) is 6.74. The van der Waals surface area contributed by atoms with Crippen molar-refractivity contribution in [1.82, 2.24) is 0 Å². The Labute approximate surface area is 189 Å². The molecule has 2 heterocycles. The second-order valence-corrected chi connectivity index (χ2v) is 8.86. The van der Waals surface area contributed by atoms with E-state index in [0.29, 0.717) is 12.0 Å². The maximum atomic E-state index is 14.1. The zero-order valence-corrected chi connectivity index (χ0v) is 18.1. The molecule has 1 atom stereocenters. The van der Waals surface area contributed by atoms with E-state index in [9.17, 15) is 14.0 Å². The van der Waals surface area contributed by atoms with Crippen LogP contribution in [-0.4, -0.2) is 18.2 Å². The number of carbonyl (C=O) groups excluding carboxylic acids is 2. The minimum atomic E-state index is -0.485. The molecule has 2 N–H and O–H groups in total. The van der Waals surface area contributed by atoms with Crippen molar-refractivity contribution in [2.45, 2.75) is 25.3 Å². The highest BCUT2D eigenvalue weighted by Gasteiger charge is 2.37. The Morgan fingerprint density at radius 1 is 1.09 bits per heavy atom. The molecule has 5 rings (SSSR count). The molecule has 0 spiro atoms. The summed E-state index contributed by atoms with van der Waals surface area (Å²) in [6.07, 6.45) is 2.08. The summed E-state index contributed by atoms with van der Waals surface area (Å²) < 4.78 is 14.1. The number of thiophene rings is 1. The molecule has 2 aromatic carbocycles. The molecule has 0 radical (unpaired) electrons. The molecule has 0 bridgehead atoms. The lowest BCUT2D eigenvalue weighted by molar-refractivity contribution is -0.117. The van der Waals surface area contributed by atoms with Gasteiger partial charge in [0.2, 0.25) is 5.91 Å². The Hall–Kier alpha value is -3.45. The number of ketones is 1. The van der Waals surface area contributed by atoms with Gasteiger partial charge in [-0.05, 0) is 48.6 Å². The van der Waals surface area contributed by atoms with Crippen LogP contribution in [0.2, 0.25) is 0 Å². The largest absolute Gasteiger partial charge is 0.357 e. The Bertz CT molecular complexity index is 1210. The fourth-order valence-corrected chi connectivity index (χ4v) is 5.27. The summed E-state index contributed by atoms with van der Waals surface area (Å²) in [5.74, 6) is -0.732. The van der Waals surface area contributed by atoms with Crippen LogP contribution in [0.4, 0.5) is 21.5 Å². The lowest BCUT2D eigenvalue weighted by Gasteiger charge is -2.34. The molecule has 3 aromatic rings. The second kappa shape index (κ2) is 8.59. The minimum Gasteiger partial charge on any atom is -0.357 e. The summed E-state index contributed by atoms with van der Waals surface area (Å²) in [5.41, 5.74) is 3.46. The van der Waals surface area contributed by atoms with Crippen molar-refractivity contribution in [1.29, 1.82) is 0 Å². The Kier molecular flexibility index (Phi) is 5.49. The Morgan fingerprint density at radius 2 is 1.91 bits per heavy atom. The molecule has 7 heteroatoms. The van der Waals surface area contributed by atoms with E-state index in [2.05, 4.69) is 10.6 Å². The van der Waals surface area contributed by atoms with Crippen molar-refractivity contribution >= 4 is 40.1 Å². The van der Waals surface area contributed by atoms with E-state index in [4.69, 9.17) is 0 Å². The zero-order valence-electron chi connectivity index (χ0n) is 17.3. The van der Waals surface area contributed by atoms with Crippen molar-refractivity contribution < 1.29 is 14.0 Å². The molecule has 0 saturated carbocycles. The summed E-state index contributed by atoms with van der Waals surface area (Å²) in [6, 6.07) is 17.4. The molecule has 162 valence electrons. The van der Waals surface area contributed by atoms with E-state index < -0.39 is 5.82 Å². The number of para-hydroxylation sites is 3. The predicted octanol–water partition coefficient (Wildman–Crippen LogP) is 5.51. The van der Waals surface area contributed by atoms with Crippen LogP contribution in [0.25, 0.3) is 0 Å². The predicted molar refractivity (Wildman–Crippen MR) is 125 cm³/mol. The summed E-state index contributed by atoms with van der Waals surface area (Å²) in [7, 11) is 0. The molecular formula is C25H22FN3O2S. The molecule has 32 heavy (non-hydrogen) atoms. The number of anilines is 3. The number of rotatable bonds is 4. The fraction of sp³-hybridized carbons (Fsp3) is 0.200. The molecule has 1 aliphatic carbocycles. The fourth-order valence-electron chi connectivity index (χ4n) is 4.42. The van der Waals surface area contributed by atoms with Gasteiger partial charge in [0.1, 0.15) is 5.82 Å². The van der Waals surface area contributed by atoms with Crippen molar-refractivity contribution in [2.75, 3.05) is 22.1 Å². The molecule has 2 aliphatic rings. The standard InChI is InChI=1S/C25H22FN3O2S/c26-16-7-1-2-8-17(16)28-23(31)15-29-20-11-4-3-9-18(20)27-19-10-5-12-21(30)24(19)25(29)22-13-6-14-32-22/h1-4,6-9,11,13-14,25,27H,5,10,12,15H2,(H,28,31)/t25-/m0/s1. The van der Waals surface area contributed by atoms with E-state index in [1.165, 1.54) is 12.1 Å². The van der Waals surface area contributed by atoms with E-state index in [1.807, 2.05) is 46.7 Å². The van der Waals surface area contributed by atoms with Crippen molar-refractivity contribution in [3.05, 3.63) is 88.0 Å². The number of hydrogen-bond donors (Lipinski definition) is 2. The highest BCUT2D eigenvalue weighted by Crippen LogP contribution is 2.45. The summed E-state index contributed by atoms with van der Waals surface area (Å²) >= 11 is 1.56. The van der Waals surface area contributed by atoms with E-state index >= 15 is 0 Å². The monoisotopic (exact) mass is 447 g/mol. The third kappa shape index (κ3) is 3.80. The number of hydrogen-bond acceptors (Lipinski definition) is 5. The first-order valence-corrected chi connectivity index (χ1v) is 11.5. The average molecular weight is 448 g/mol. The number of Topliss-reactive ketones (excluding diaryl/α,β-unsaturated/α-hetero) is 1. The molecular weight excluding hydrogens is 425 g/mol. The number of allylic oxidation sites excluding steroid dienone is 1. The number of nitrogens with one attached hydrogen (secondary N) is 2. The zero-order chi connectivity index (χ0) is 22.1. The highest BCUT2D eigenvalue weighted by molar-refractivity contribution is 7.10. The smallest absolute Gasteiger partial charge is 0.244 e. The van der Waals surface area contributed by atoms with Crippen LogP contribution in [0.15, 0.2) is 77.3 Å². The van der Waals surface area contributed by atoms with Crippen LogP contribution in [0.3, 0.4) is 0 Å². The number of carbonyl (C=O) groups is 2. The first kappa shape index (κ1) is 20.5. The van der Waals surface area contributed by atoms with Gasteiger partial charge < -0.3 is 15.5 Å². The molecule has 5 nitrogen and oxygen atoms in total. The van der Waals surface area contributed by atoms with Gasteiger partial charge in [0.25, 0.3) is 0 Å². The van der Waals surface area contributed by atoms with Gasteiger partial charge in [-0.25, -0.2) is 4.39 Å². The van der Waals surface area contributed by atoms with E-state index in [-0.39, 0.29) is 30.0 Å². The lowest BCUT2D eigenvalue weighted by Crippen LogP contribution is -2.38. The molecule has 1 aromatic heterocycles. The summed E-state index contributed by atoms with van der Waals surface area (Å²) in [6.45, 7) is -0.0281. The quantitative estimate of drug-likeness (QED) is 0.554. The maximum absolute atomic E-state index is 14.1. The molecule has 0 saturated heterocycles. The van der Waals surface area contributed by atoms with Gasteiger partial charge in [0, 0.05) is 22.6 Å². The van der Waals surface area contributed by atoms with Crippen molar-refractivity contribution in [3.8, 4) is 0 Å². The molecule has 0 fully saturated rings. The Morgan fingerprint density at radius 3 is 2.72 bits per heavy atom. The van der Waals surface area contributed by atoms with Crippen LogP contribution in [0.5, 0.6) is 0 Å². The highest BCUT2D eigenvalue weighted by atomic mass is 32.1. The van der Waals surface area contributed by atoms with Gasteiger partial charge in [0.05, 0.1) is 29.6 Å². The second-order valence-electron chi connectivity index (χ2n) is 7.88.